The van der Waals surface area contributed by atoms with Gasteiger partial charge in [-0.05, 0) is 31.2 Å². The van der Waals surface area contributed by atoms with Crippen LogP contribution in [0.4, 0.5) is 4.39 Å². The molecule has 1 amide bonds. The van der Waals surface area contributed by atoms with Crippen LogP contribution in [-0.4, -0.2) is 15.5 Å². The molecule has 4 aromatic rings. The number of rotatable bonds is 4. The van der Waals surface area contributed by atoms with E-state index < -0.39 is 17.8 Å². The quantitative estimate of drug-likeness (QED) is 0.490. The first-order valence-electron chi connectivity index (χ1n) is 8.67. The molecule has 2 aromatic heterocycles. The first kappa shape index (κ1) is 18.4. The van der Waals surface area contributed by atoms with Gasteiger partial charge in [0.05, 0.1) is 0 Å². The van der Waals surface area contributed by atoms with Crippen molar-refractivity contribution in [2.24, 2.45) is 7.05 Å². The summed E-state index contributed by atoms with van der Waals surface area (Å²) in [6, 6.07) is 11.1. The third-order valence-electron chi connectivity index (χ3n) is 4.71. The van der Waals surface area contributed by atoms with Crippen molar-refractivity contribution in [2.45, 2.75) is 13.0 Å². The number of furan rings is 1. The second kappa shape index (κ2) is 7.24. The number of halogens is 2. The number of carbonyl (C=O) groups is 1. The number of amides is 1. The van der Waals surface area contributed by atoms with Crippen LogP contribution < -0.4 is 5.32 Å². The van der Waals surface area contributed by atoms with E-state index in [0.29, 0.717) is 17.0 Å². The van der Waals surface area contributed by atoms with Gasteiger partial charge in [-0.25, -0.2) is 9.37 Å². The van der Waals surface area contributed by atoms with E-state index in [-0.39, 0.29) is 5.76 Å². The summed E-state index contributed by atoms with van der Waals surface area (Å²) < 4.78 is 22.9. The van der Waals surface area contributed by atoms with E-state index in [0.717, 1.165) is 15.4 Å². The number of nitrogens with one attached hydrogen (secondary N) is 1. The lowest BCUT2D eigenvalue weighted by atomic mass is 10.0. The Morgan fingerprint density at radius 3 is 2.79 bits per heavy atom. The van der Waals surface area contributed by atoms with Gasteiger partial charge in [-0.3, -0.25) is 4.79 Å². The van der Waals surface area contributed by atoms with Gasteiger partial charge in [0.15, 0.2) is 5.76 Å². The van der Waals surface area contributed by atoms with Crippen molar-refractivity contribution >= 4 is 32.8 Å². The zero-order chi connectivity index (χ0) is 19.8. The minimum atomic E-state index is -0.756. The highest BCUT2D eigenvalue weighted by Gasteiger charge is 2.26. The molecule has 0 aliphatic heterocycles. The highest BCUT2D eigenvalue weighted by Crippen LogP contribution is 2.29. The summed E-state index contributed by atoms with van der Waals surface area (Å²) in [5, 5.41) is 3.73. The number of aromatic nitrogens is 2. The fraction of sp³-hybridized carbons (Fsp3) is 0.143. The third-order valence-corrected chi connectivity index (χ3v) is 5.21. The van der Waals surface area contributed by atoms with Gasteiger partial charge in [-0.15, -0.1) is 0 Å². The summed E-state index contributed by atoms with van der Waals surface area (Å²) in [7, 11) is 1.80. The molecule has 7 heteroatoms. The van der Waals surface area contributed by atoms with Crippen molar-refractivity contribution in [3.8, 4) is 0 Å². The van der Waals surface area contributed by atoms with Crippen LogP contribution >= 0.6 is 15.9 Å². The van der Waals surface area contributed by atoms with Crippen molar-refractivity contribution < 1.29 is 13.6 Å². The number of hydrogen-bond acceptors (Lipinski definition) is 3. The van der Waals surface area contributed by atoms with Gasteiger partial charge in [-0.1, -0.05) is 34.1 Å². The molecule has 142 valence electrons. The molecule has 0 aliphatic carbocycles. The Kier molecular flexibility index (Phi) is 4.77. The van der Waals surface area contributed by atoms with Crippen LogP contribution in [0, 0.1) is 12.7 Å². The summed E-state index contributed by atoms with van der Waals surface area (Å²) in [6.07, 6.45) is 3.36. The third kappa shape index (κ3) is 3.22. The number of imidazole rings is 1. The van der Waals surface area contributed by atoms with E-state index in [1.807, 2.05) is 19.1 Å². The Bertz CT molecular complexity index is 1180. The molecule has 4 rings (SSSR count). The Hall–Kier alpha value is -2.93. The average molecular weight is 442 g/mol. The van der Waals surface area contributed by atoms with Crippen LogP contribution in [0.15, 0.2) is 63.7 Å². The SMILES string of the molecule is Cc1c(C(=O)N[C@@H](c2ccccc2F)c2nccn2C)oc2ccc(Br)cc12. The highest BCUT2D eigenvalue weighted by atomic mass is 79.9. The molecule has 0 unspecified atom stereocenters. The number of benzene rings is 2. The van der Waals surface area contributed by atoms with Gasteiger partial charge in [0.25, 0.3) is 5.91 Å². The maximum absolute atomic E-state index is 14.5. The highest BCUT2D eigenvalue weighted by molar-refractivity contribution is 9.10. The molecule has 0 bridgehead atoms. The molecule has 1 atom stereocenters. The van der Waals surface area contributed by atoms with Gasteiger partial charge in [0, 0.05) is 40.4 Å². The number of aryl methyl sites for hydroxylation is 2. The first-order valence-corrected chi connectivity index (χ1v) is 9.46. The van der Waals surface area contributed by atoms with Crippen LogP contribution in [0.1, 0.15) is 33.5 Å². The Morgan fingerprint density at radius 1 is 1.29 bits per heavy atom. The van der Waals surface area contributed by atoms with Crippen LogP contribution in [-0.2, 0) is 7.05 Å². The molecular formula is C21H17BrFN3O2. The molecule has 2 aromatic carbocycles. The van der Waals surface area contributed by atoms with Crippen LogP contribution in [0.2, 0.25) is 0 Å². The summed E-state index contributed by atoms with van der Waals surface area (Å²) >= 11 is 3.43. The molecule has 0 spiro atoms. The Balaban J connectivity index is 1.75. The molecular weight excluding hydrogens is 425 g/mol. The van der Waals surface area contributed by atoms with Crippen molar-refractivity contribution in [1.29, 1.82) is 0 Å². The summed E-state index contributed by atoms with van der Waals surface area (Å²) in [5.74, 6) is -0.124. The topological polar surface area (TPSA) is 60.1 Å². The predicted molar refractivity (Wildman–Crippen MR) is 108 cm³/mol. The van der Waals surface area contributed by atoms with Crippen LogP contribution in [0.5, 0.6) is 0 Å². The maximum atomic E-state index is 14.5. The lowest BCUT2D eigenvalue weighted by molar-refractivity contribution is 0.0914. The number of carbonyl (C=O) groups excluding carboxylic acids is 1. The molecule has 1 N–H and O–H groups in total. The second-order valence-corrected chi connectivity index (χ2v) is 7.44. The monoisotopic (exact) mass is 441 g/mol. The van der Waals surface area contributed by atoms with Gasteiger partial charge in [0.2, 0.25) is 0 Å². The van der Waals surface area contributed by atoms with Gasteiger partial charge in [0.1, 0.15) is 23.3 Å². The molecule has 0 saturated carbocycles. The largest absolute Gasteiger partial charge is 0.451 e. The molecule has 0 aliphatic rings. The van der Waals surface area contributed by atoms with Gasteiger partial charge >= 0.3 is 0 Å². The van der Waals surface area contributed by atoms with Crippen molar-refractivity contribution in [3.05, 3.63) is 87.9 Å². The normalized spacial score (nSPS) is 12.3. The first-order chi connectivity index (χ1) is 13.5. The Morgan fingerprint density at radius 2 is 2.07 bits per heavy atom. The molecule has 0 radical (unpaired) electrons. The lowest BCUT2D eigenvalue weighted by Gasteiger charge is -2.19. The van der Waals surface area contributed by atoms with Crippen LogP contribution in [0.25, 0.3) is 11.0 Å². The zero-order valence-corrected chi connectivity index (χ0v) is 16.8. The number of hydrogen-bond donors (Lipinski definition) is 1. The summed E-state index contributed by atoms with van der Waals surface area (Å²) in [6.45, 7) is 1.83. The van der Waals surface area contributed by atoms with E-state index >= 15 is 0 Å². The average Bonchev–Trinajstić information content (AvgIpc) is 3.24. The summed E-state index contributed by atoms with van der Waals surface area (Å²) in [4.78, 5) is 17.3. The minimum absolute atomic E-state index is 0.198. The fourth-order valence-corrected chi connectivity index (χ4v) is 3.61. The van der Waals surface area contributed by atoms with Crippen molar-refractivity contribution in [3.63, 3.8) is 0 Å². The molecule has 0 fully saturated rings. The summed E-state index contributed by atoms with van der Waals surface area (Å²) in [5.41, 5.74) is 1.67. The van der Waals surface area contributed by atoms with E-state index in [1.54, 1.807) is 48.3 Å². The van der Waals surface area contributed by atoms with Crippen molar-refractivity contribution in [1.82, 2.24) is 14.9 Å². The van der Waals surface area contributed by atoms with Crippen molar-refractivity contribution in [2.75, 3.05) is 0 Å². The van der Waals surface area contributed by atoms with E-state index in [2.05, 4.69) is 26.2 Å². The number of nitrogens with zero attached hydrogens (tertiary/aromatic N) is 2. The van der Waals surface area contributed by atoms with Gasteiger partial charge in [-0.2, -0.15) is 0 Å². The van der Waals surface area contributed by atoms with E-state index in [1.165, 1.54) is 6.07 Å². The van der Waals surface area contributed by atoms with E-state index in [4.69, 9.17) is 4.42 Å². The van der Waals surface area contributed by atoms with Crippen LogP contribution in [0.3, 0.4) is 0 Å². The zero-order valence-electron chi connectivity index (χ0n) is 15.2. The molecule has 28 heavy (non-hydrogen) atoms. The minimum Gasteiger partial charge on any atom is -0.451 e. The predicted octanol–water partition coefficient (Wildman–Crippen LogP) is 4.90. The molecule has 5 nitrogen and oxygen atoms in total. The molecule has 2 heterocycles. The standard InChI is InChI=1S/C21H17BrFN3O2/c1-12-15-11-13(22)7-8-17(15)28-19(12)21(27)25-18(20-24-9-10-26(20)2)14-5-3-4-6-16(14)23/h3-11,18H,1-2H3,(H,25,27)/t18-/m0/s1. The lowest BCUT2D eigenvalue weighted by Crippen LogP contribution is -2.31. The number of fused-ring (bicyclic) bond motifs is 1. The second-order valence-electron chi connectivity index (χ2n) is 6.52. The molecule has 0 saturated heterocycles. The van der Waals surface area contributed by atoms with E-state index in [9.17, 15) is 9.18 Å². The smallest absolute Gasteiger partial charge is 0.288 e. The maximum Gasteiger partial charge on any atom is 0.288 e. The Labute approximate surface area is 169 Å². The fourth-order valence-electron chi connectivity index (χ4n) is 3.25. The van der Waals surface area contributed by atoms with Gasteiger partial charge < -0.3 is 14.3 Å².